The topological polar surface area (TPSA) is 157 Å². The van der Waals surface area contributed by atoms with Gasteiger partial charge in [-0.05, 0) is 22.3 Å². The number of benzene rings is 3. The summed E-state index contributed by atoms with van der Waals surface area (Å²) in [5, 5.41) is 25.4. The van der Waals surface area contributed by atoms with E-state index in [9.17, 15) is 19.5 Å². The van der Waals surface area contributed by atoms with E-state index < -0.39 is 30.0 Å². The van der Waals surface area contributed by atoms with Gasteiger partial charge in [0.05, 0.1) is 6.54 Å². The fraction of sp³-hybridized carbons (Fsp3) is 0.214. The quantitative estimate of drug-likeness (QED) is 0.184. The number of carbonyl (C=O) groups excluding carboxylic acids is 2. The van der Waals surface area contributed by atoms with Crippen molar-refractivity contribution >= 4 is 23.6 Å². The van der Waals surface area contributed by atoms with Crippen LogP contribution in [0.5, 0.6) is 0 Å². The minimum Gasteiger partial charge on any atom is -0.480 e. The van der Waals surface area contributed by atoms with Crippen molar-refractivity contribution in [3.05, 3.63) is 107 Å². The third kappa shape index (κ3) is 6.02. The molecular formula is C28H29N5O4. The number of carboxylic acid groups (broad SMARTS) is 1. The van der Waals surface area contributed by atoms with Crippen molar-refractivity contribution in [2.75, 3.05) is 6.54 Å². The largest absolute Gasteiger partial charge is 0.480 e. The van der Waals surface area contributed by atoms with Crippen molar-refractivity contribution in [3.8, 4) is 0 Å². The fourth-order valence-electron chi connectivity index (χ4n) is 4.58. The molecule has 7 N–H and O–H groups in total. The lowest BCUT2D eigenvalue weighted by Crippen LogP contribution is -2.61. The number of amides is 2. The van der Waals surface area contributed by atoms with E-state index in [0.717, 1.165) is 16.7 Å². The molecule has 37 heavy (non-hydrogen) atoms. The molecule has 9 nitrogen and oxygen atoms in total. The van der Waals surface area contributed by atoms with Crippen LogP contribution in [0.4, 0.5) is 0 Å². The maximum absolute atomic E-state index is 13.7. The summed E-state index contributed by atoms with van der Waals surface area (Å²) in [6.07, 6.45) is 0.620. The zero-order chi connectivity index (χ0) is 26.4. The molecule has 0 heterocycles. The van der Waals surface area contributed by atoms with Crippen LogP contribution in [0.3, 0.4) is 0 Å². The molecule has 2 amide bonds. The number of rotatable bonds is 10. The highest BCUT2D eigenvalue weighted by Gasteiger charge is 2.46. The van der Waals surface area contributed by atoms with E-state index >= 15 is 0 Å². The first-order chi connectivity index (χ1) is 17.8. The van der Waals surface area contributed by atoms with Crippen molar-refractivity contribution < 1.29 is 19.5 Å². The molecule has 1 atom stereocenters. The second kappa shape index (κ2) is 11.0. The van der Waals surface area contributed by atoms with Crippen LogP contribution in [0.15, 0.2) is 78.9 Å². The molecule has 3 aromatic carbocycles. The van der Waals surface area contributed by atoms with E-state index in [1.807, 2.05) is 24.3 Å². The van der Waals surface area contributed by atoms with Crippen LogP contribution in [0.25, 0.3) is 0 Å². The number of fused-ring (bicyclic) bond motifs is 1. The first-order valence-electron chi connectivity index (χ1n) is 11.9. The van der Waals surface area contributed by atoms with Crippen LogP contribution in [-0.4, -0.2) is 40.8 Å². The molecule has 0 spiro atoms. The predicted octanol–water partition coefficient (Wildman–Crippen LogP) is 1.66. The molecule has 0 aromatic heterocycles. The number of nitrogens with one attached hydrogen (secondary N) is 4. The average molecular weight is 500 g/mol. The second-order valence-electron chi connectivity index (χ2n) is 9.11. The molecule has 190 valence electrons. The molecule has 4 rings (SSSR count). The van der Waals surface area contributed by atoms with Gasteiger partial charge in [-0.15, -0.1) is 0 Å². The lowest BCUT2D eigenvalue weighted by molar-refractivity contribution is -0.137. The highest BCUT2D eigenvalue weighted by atomic mass is 16.4. The molecule has 1 aliphatic rings. The maximum Gasteiger partial charge on any atom is 0.317 e. The number of nitrogen functional groups attached to an aromatic ring is 1. The monoisotopic (exact) mass is 499 g/mol. The first kappa shape index (κ1) is 25.6. The molecule has 1 aliphatic carbocycles. The van der Waals surface area contributed by atoms with Gasteiger partial charge in [-0.3, -0.25) is 25.1 Å². The fourth-order valence-corrected chi connectivity index (χ4v) is 4.58. The molecule has 0 radical (unpaired) electrons. The van der Waals surface area contributed by atoms with E-state index in [-0.39, 0.29) is 18.3 Å². The minimum absolute atomic E-state index is 0.0366. The number of nitrogens with two attached hydrogens (primary N) is 1. The normalized spacial score (nSPS) is 14.3. The van der Waals surface area contributed by atoms with Gasteiger partial charge in [0.1, 0.15) is 17.4 Å². The number of amidine groups is 1. The third-order valence-corrected chi connectivity index (χ3v) is 6.47. The van der Waals surface area contributed by atoms with E-state index in [1.54, 1.807) is 54.6 Å². The zero-order valence-electron chi connectivity index (χ0n) is 20.2. The van der Waals surface area contributed by atoms with Crippen molar-refractivity contribution in [2.45, 2.75) is 31.0 Å². The van der Waals surface area contributed by atoms with Gasteiger partial charge >= 0.3 is 5.97 Å². The molecule has 9 heteroatoms. The molecule has 0 bridgehead atoms. The van der Waals surface area contributed by atoms with E-state index in [2.05, 4.69) is 16.0 Å². The Hall–Kier alpha value is -4.50. The summed E-state index contributed by atoms with van der Waals surface area (Å²) in [5.41, 5.74) is 8.22. The lowest BCUT2D eigenvalue weighted by Gasteiger charge is -2.31. The van der Waals surface area contributed by atoms with Gasteiger partial charge in [-0.2, -0.15) is 0 Å². The van der Waals surface area contributed by atoms with Gasteiger partial charge in [0.15, 0.2) is 0 Å². The standard InChI is InChI=1S/C28H29N5O4/c29-25(30)20-12-10-18(11-13-20)16-32-27(37)28(14-21-8-4-5-9-22(21)15-28)33-26(36)24(31-17-23(34)35)19-6-2-1-3-7-19/h1-13,24,31H,14-17H2,(H3,29,30)(H,32,37)(H,33,36)(H,34,35)/t24-/m1/s1. The Morgan fingerprint density at radius 1 is 0.919 bits per heavy atom. The number of hydrogen-bond acceptors (Lipinski definition) is 5. The van der Waals surface area contributed by atoms with Crippen LogP contribution in [0.1, 0.15) is 33.9 Å². The zero-order valence-corrected chi connectivity index (χ0v) is 20.2. The summed E-state index contributed by atoms with van der Waals surface area (Å²) in [5.74, 6) is -1.95. The van der Waals surface area contributed by atoms with Gasteiger partial charge in [0.2, 0.25) is 11.8 Å². The summed E-state index contributed by atoms with van der Waals surface area (Å²) >= 11 is 0. The van der Waals surface area contributed by atoms with Gasteiger partial charge in [-0.25, -0.2) is 0 Å². The predicted molar refractivity (Wildman–Crippen MR) is 139 cm³/mol. The SMILES string of the molecule is N=C(N)c1ccc(CNC(=O)C2(NC(=O)[C@H](NCC(=O)O)c3ccccc3)Cc3ccccc3C2)cc1. The Morgan fingerprint density at radius 2 is 1.51 bits per heavy atom. The van der Waals surface area contributed by atoms with E-state index in [0.29, 0.717) is 24.0 Å². The van der Waals surface area contributed by atoms with Gasteiger partial charge < -0.3 is 21.5 Å². The first-order valence-corrected chi connectivity index (χ1v) is 11.9. The van der Waals surface area contributed by atoms with Gasteiger partial charge in [0, 0.05) is 24.9 Å². The van der Waals surface area contributed by atoms with E-state index in [4.69, 9.17) is 11.1 Å². The number of carboxylic acids is 1. The summed E-state index contributed by atoms with van der Waals surface area (Å²) in [6.45, 7) is -0.187. The van der Waals surface area contributed by atoms with Crippen molar-refractivity contribution in [3.63, 3.8) is 0 Å². The molecule has 0 aliphatic heterocycles. The van der Waals surface area contributed by atoms with Crippen molar-refractivity contribution in [1.82, 2.24) is 16.0 Å². The summed E-state index contributed by atoms with van der Waals surface area (Å²) in [7, 11) is 0. The number of hydrogen-bond donors (Lipinski definition) is 6. The molecule has 0 fully saturated rings. The Kier molecular flexibility index (Phi) is 7.64. The molecule has 0 saturated heterocycles. The van der Waals surface area contributed by atoms with Gasteiger partial charge in [-0.1, -0.05) is 78.9 Å². The Balaban J connectivity index is 1.57. The van der Waals surface area contributed by atoms with Crippen LogP contribution in [-0.2, 0) is 33.8 Å². The lowest BCUT2D eigenvalue weighted by atomic mass is 9.92. The average Bonchev–Trinajstić information content (AvgIpc) is 3.27. The Bertz CT molecular complexity index is 1280. The molecule has 0 unspecified atom stereocenters. The summed E-state index contributed by atoms with van der Waals surface area (Å²) in [4.78, 5) is 38.4. The third-order valence-electron chi connectivity index (χ3n) is 6.47. The smallest absolute Gasteiger partial charge is 0.317 e. The van der Waals surface area contributed by atoms with Crippen molar-refractivity contribution in [1.29, 1.82) is 5.41 Å². The highest BCUT2D eigenvalue weighted by Crippen LogP contribution is 2.31. The maximum atomic E-state index is 13.7. The van der Waals surface area contributed by atoms with Crippen LogP contribution < -0.4 is 21.7 Å². The van der Waals surface area contributed by atoms with Gasteiger partial charge in [0.25, 0.3) is 0 Å². The van der Waals surface area contributed by atoms with Crippen LogP contribution >= 0.6 is 0 Å². The Morgan fingerprint density at radius 3 is 2.08 bits per heavy atom. The highest BCUT2D eigenvalue weighted by molar-refractivity contribution is 5.95. The minimum atomic E-state index is -1.24. The molecule has 3 aromatic rings. The second-order valence-corrected chi connectivity index (χ2v) is 9.11. The summed E-state index contributed by atoms with van der Waals surface area (Å²) in [6, 6.07) is 22.5. The van der Waals surface area contributed by atoms with Crippen molar-refractivity contribution in [2.24, 2.45) is 5.73 Å². The van der Waals surface area contributed by atoms with Crippen LogP contribution in [0, 0.1) is 5.41 Å². The number of aliphatic carboxylic acids is 1. The number of carbonyl (C=O) groups is 3. The Labute approximate surface area is 214 Å². The molecular weight excluding hydrogens is 470 g/mol. The van der Waals surface area contributed by atoms with Crippen LogP contribution in [0.2, 0.25) is 0 Å². The molecule has 0 saturated carbocycles. The summed E-state index contributed by atoms with van der Waals surface area (Å²) < 4.78 is 0. The van der Waals surface area contributed by atoms with E-state index in [1.165, 1.54) is 0 Å².